The number of nitrogens with one attached hydrogen (secondary N) is 1. The largest absolute Gasteiger partial charge is 0.384 e. The first-order valence-electron chi connectivity index (χ1n) is 6.55. The average molecular weight is 298 g/mol. The monoisotopic (exact) mass is 298 g/mol. The third kappa shape index (κ3) is 2.37. The van der Waals surface area contributed by atoms with Crippen molar-refractivity contribution < 1.29 is 8.42 Å². The molecule has 0 radical (unpaired) electrons. The molecule has 1 saturated heterocycles. The fourth-order valence-electron chi connectivity index (χ4n) is 2.65. The van der Waals surface area contributed by atoms with Crippen LogP contribution in [0.5, 0.6) is 0 Å². The number of fused-ring (bicyclic) bond motifs is 1. The lowest BCUT2D eigenvalue weighted by Gasteiger charge is -2.32. The van der Waals surface area contributed by atoms with Gasteiger partial charge in [0.25, 0.3) is 0 Å². The van der Waals surface area contributed by atoms with E-state index in [0.29, 0.717) is 11.4 Å². The molecule has 0 aliphatic carbocycles. The smallest absolute Gasteiger partial charge is 0.243 e. The molecule has 0 amide bonds. The summed E-state index contributed by atoms with van der Waals surface area (Å²) in [5, 5.41) is 3.26. The Labute approximate surface area is 118 Å². The summed E-state index contributed by atoms with van der Waals surface area (Å²) in [7, 11) is -3.34. The van der Waals surface area contributed by atoms with Gasteiger partial charge in [0.1, 0.15) is 0 Å². The molecule has 4 nitrogen and oxygen atoms in total. The summed E-state index contributed by atoms with van der Waals surface area (Å²) in [6.45, 7) is 3.50. The fourth-order valence-corrected chi connectivity index (χ4v) is 5.55. The first-order valence-corrected chi connectivity index (χ1v) is 9.15. The Balaban J connectivity index is 1.95. The third-order valence-corrected chi connectivity index (χ3v) is 6.90. The zero-order valence-electron chi connectivity index (χ0n) is 10.9. The predicted molar refractivity (Wildman–Crippen MR) is 79.3 cm³/mol. The summed E-state index contributed by atoms with van der Waals surface area (Å²) >= 11 is 1.82. The van der Waals surface area contributed by atoms with Crippen LogP contribution in [0.4, 0.5) is 5.69 Å². The summed E-state index contributed by atoms with van der Waals surface area (Å²) in [6.07, 6.45) is 0.907. The Bertz CT molecular complexity index is 586. The van der Waals surface area contributed by atoms with E-state index in [1.807, 2.05) is 30.8 Å². The van der Waals surface area contributed by atoms with Crippen LogP contribution in [0.2, 0.25) is 0 Å². The van der Waals surface area contributed by atoms with Gasteiger partial charge in [0.2, 0.25) is 10.0 Å². The maximum atomic E-state index is 12.7. The number of sulfonamides is 1. The number of nitrogens with zero attached hydrogens (tertiary/aromatic N) is 1. The van der Waals surface area contributed by atoms with E-state index in [2.05, 4.69) is 5.32 Å². The molecule has 0 aromatic heterocycles. The number of thioether (sulfide) groups is 1. The SMILES string of the molecule is CC1CSCCN1S(=O)(=O)c1ccc2c(c1)CCN2. The third-order valence-electron chi connectivity index (χ3n) is 3.70. The fraction of sp³-hybridized carbons (Fsp3) is 0.538. The summed E-state index contributed by atoms with van der Waals surface area (Å²) < 4.78 is 27.0. The van der Waals surface area contributed by atoms with Gasteiger partial charge in [0.05, 0.1) is 4.90 Å². The van der Waals surface area contributed by atoms with Crippen LogP contribution in [0.15, 0.2) is 23.1 Å². The second-order valence-electron chi connectivity index (χ2n) is 5.04. The van der Waals surface area contributed by atoms with Crippen LogP contribution >= 0.6 is 11.8 Å². The van der Waals surface area contributed by atoms with E-state index in [0.717, 1.165) is 35.7 Å². The van der Waals surface area contributed by atoms with Crippen molar-refractivity contribution in [1.82, 2.24) is 4.31 Å². The topological polar surface area (TPSA) is 49.4 Å². The maximum absolute atomic E-state index is 12.7. The van der Waals surface area contributed by atoms with Gasteiger partial charge in [-0.1, -0.05) is 0 Å². The molecule has 2 aliphatic heterocycles. The van der Waals surface area contributed by atoms with Crippen LogP contribution in [0.25, 0.3) is 0 Å². The van der Waals surface area contributed by atoms with Crippen LogP contribution in [-0.2, 0) is 16.4 Å². The maximum Gasteiger partial charge on any atom is 0.243 e. The minimum Gasteiger partial charge on any atom is -0.384 e. The lowest BCUT2D eigenvalue weighted by molar-refractivity contribution is 0.367. The Morgan fingerprint density at radius 3 is 3.05 bits per heavy atom. The lowest BCUT2D eigenvalue weighted by Crippen LogP contribution is -2.44. The second-order valence-corrected chi connectivity index (χ2v) is 8.08. The molecule has 1 unspecified atom stereocenters. The molecule has 0 bridgehead atoms. The molecular weight excluding hydrogens is 280 g/mol. The van der Waals surface area contributed by atoms with Crippen molar-refractivity contribution in [2.45, 2.75) is 24.3 Å². The van der Waals surface area contributed by atoms with E-state index in [1.165, 1.54) is 0 Å². The number of hydrogen-bond donors (Lipinski definition) is 1. The Morgan fingerprint density at radius 1 is 1.42 bits per heavy atom. The molecule has 1 N–H and O–H groups in total. The van der Waals surface area contributed by atoms with Crippen LogP contribution in [0.1, 0.15) is 12.5 Å². The van der Waals surface area contributed by atoms with E-state index in [9.17, 15) is 8.42 Å². The molecule has 2 heterocycles. The highest BCUT2D eigenvalue weighted by atomic mass is 32.2. The highest BCUT2D eigenvalue weighted by molar-refractivity contribution is 7.99. The predicted octanol–water partition coefficient (Wildman–Crippen LogP) is 1.78. The number of rotatable bonds is 2. The van der Waals surface area contributed by atoms with E-state index in [4.69, 9.17) is 0 Å². The molecule has 19 heavy (non-hydrogen) atoms. The van der Waals surface area contributed by atoms with Crippen molar-refractivity contribution >= 4 is 27.5 Å². The van der Waals surface area contributed by atoms with E-state index in [-0.39, 0.29) is 6.04 Å². The summed E-state index contributed by atoms with van der Waals surface area (Å²) in [4.78, 5) is 0.439. The lowest BCUT2D eigenvalue weighted by atomic mass is 10.2. The molecule has 3 rings (SSSR count). The molecule has 1 atom stereocenters. The quantitative estimate of drug-likeness (QED) is 0.904. The minimum atomic E-state index is -3.34. The van der Waals surface area contributed by atoms with E-state index < -0.39 is 10.0 Å². The Morgan fingerprint density at radius 2 is 2.26 bits per heavy atom. The van der Waals surface area contributed by atoms with E-state index >= 15 is 0 Å². The van der Waals surface area contributed by atoms with Gasteiger partial charge in [-0.25, -0.2) is 8.42 Å². The van der Waals surface area contributed by atoms with Crippen LogP contribution in [0.3, 0.4) is 0 Å². The van der Waals surface area contributed by atoms with E-state index in [1.54, 1.807) is 10.4 Å². The van der Waals surface area contributed by atoms with Crippen molar-refractivity contribution in [3.63, 3.8) is 0 Å². The standard InChI is InChI=1S/C13H18N2O2S2/c1-10-9-18-7-6-15(10)19(16,17)12-2-3-13-11(8-12)4-5-14-13/h2-3,8,10,14H,4-7,9H2,1H3. The van der Waals surface area contributed by atoms with Gasteiger partial charge in [-0.2, -0.15) is 16.1 Å². The molecule has 1 aromatic rings. The first-order chi connectivity index (χ1) is 9.09. The number of anilines is 1. The first kappa shape index (κ1) is 13.3. The minimum absolute atomic E-state index is 0.0788. The van der Waals surface area contributed by atoms with Gasteiger partial charge >= 0.3 is 0 Å². The van der Waals surface area contributed by atoms with Gasteiger partial charge < -0.3 is 5.32 Å². The van der Waals surface area contributed by atoms with Gasteiger partial charge in [-0.3, -0.25) is 0 Å². The van der Waals surface area contributed by atoms with Crippen LogP contribution in [-0.4, -0.2) is 43.4 Å². The van der Waals surface area contributed by atoms with Gasteiger partial charge in [0, 0.05) is 36.3 Å². The van der Waals surface area contributed by atoms with Gasteiger partial charge in [0.15, 0.2) is 0 Å². The molecule has 0 saturated carbocycles. The molecule has 104 valence electrons. The van der Waals surface area contributed by atoms with Crippen molar-refractivity contribution in [2.75, 3.05) is 29.9 Å². The number of hydrogen-bond acceptors (Lipinski definition) is 4. The highest BCUT2D eigenvalue weighted by Crippen LogP contribution is 2.29. The Kier molecular flexibility index (Phi) is 3.49. The summed E-state index contributed by atoms with van der Waals surface area (Å²) in [5.74, 6) is 1.77. The summed E-state index contributed by atoms with van der Waals surface area (Å²) in [5.41, 5.74) is 2.18. The molecule has 0 spiro atoms. The molecule has 2 aliphatic rings. The Hall–Kier alpha value is -0.720. The van der Waals surface area contributed by atoms with Crippen molar-refractivity contribution in [2.24, 2.45) is 0 Å². The molecule has 6 heteroatoms. The molecule has 1 fully saturated rings. The number of benzene rings is 1. The average Bonchev–Trinajstić information content (AvgIpc) is 2.86. The van der Waals surface area contributed by atoms with Crippen LogP contribution < -0.4 is 5.32 Å². The second kappa shape index (κ2) is 5.00. The highest BCUT2D eigenvalue weighted by Gasteiger charge is 2.31. The van der Waals surface area contributed by atoms with Crippen molar-refractivity contribution in [3.8, 4) is 0 Å². The molecule has 1 aromatic carbocycles. The van der Waals surface area contributed by atoms with Crippen molar-refractivity contribution in [3.05, 3.63) is 23.8 Å². The zero-order valence-corrected chi connectivity index (χ0v) is 12.6. The normalized spacial score (nSPS) is 23.9. The summed E-state index contributed by atoms with van der Waals surface area (Å²) in [6, 6.07) is 5.52. The van der Waals surface area contributed by atoms with Gasteiger partial charge in [-0.05, 0) is 37.1 Å². The van der Waals surface area contributed by atoms with Gasteiger partial charge in [-0.15, -0.1) is 0 Å². The molecular formula is C13H18N2O2S2. The van der Waals surface area contributed by atoms with Crippen molar-refractivity contribution in [1.29, 1.82) is 0 Å². The van der Waals surface area contributed by atoms with Crippen LogP contribution in [0, 0.1) is 0 Å². The zero-order chi connectivity index (χ0) is 13.5.